The van der Waals surface area contributed by atoms with Crippen LogP contribution in [0.15, 0.2) is 53.3 Å². The highest BCUT2D eigenvalue weighted by molar-refractivity contribution is 5.94. The number of hydrogen-bond acceptors (Lipinski definition) is 5. The molecule has 8 heteroatoms. The summed E-state index contributed by atoms with van der Waals surface area (Å²) in [6, 6.07) is 8.35. The standard InChI is InChI=1S/C19H16F2N4O2/c20-13-3-4-14(15(21)12-13)18(26)24-7-9-25(10-8-24)19-22-6-5-16(23-19)17-2-1-11-27-17/h1-6,11-12H,7-10H2. The zero-order valence-corrected chi connectivity index (χ0v) is 14.3. The van der Waals surface area contributed by atoms with E-state index in [1.54, 1.807) is 29.5 Å². The molecule has 27 heavy (non-hydrogen) atoms. The second kappa shape index (κ2) is 7.14. The van der Waals surface area contributed by atoms with Gasteiger partial charge in [-0.2, -0.15) is 0 Å². The Labute approximate surface area is 154 Å². The zero-order valence-electron chi connectivity index (χ0n) is 14.3. The maximum absolute atomic E-state index is 13.8. The number of rotatable bonds is 3. The maximum Gasteiger partial charge on any atom is 0.256 e. The lowest BCUT2D eigenvalue weighted by molar-refractivity contribution is 0.0741. The molecule has 2 aromatic heterocycles. The fourth-order valence-electron chi connectivity index (χ4n) is 3.01. The van der Waals surface area contributed by atoms with E-state index in [4.69, 9.17) is 4.42 Å². The summed E-state index contributed by atoms with van der Waals surface area (Å²) in [6.07, 6.45) is 3.24. The average molecular weight is 370 g/mol. The van der Waals surface area contributed by atoms with Gasteiger partial charge in [0.15, 0.2) is 5.76 Å². The van der Waals surface area contributed by atoms with Gasteiger partial charge >= 0.3 is 0 Å². The fourth-order valence-corrected chi connectivity index (χ4v) is 3.01. The summed E-state index contributed by atoms with van der Waals surface area (Å²) in [4.78, 5) is 24.8. The molecule has 1 aliphatic heterocycles. The Morgan fingerprint density at radius 2 is 1.89 bits per heavy atom. The van der Waals surface area contributed by atoms with Crippen molar-refractivity contribution >= 4 is 11.9 Å². The summed E-state index contributed by atoms with van der Waals surface area (Å²) in [7, 11) is 0. The van der Waals surface area contributed by atoms with Crippen molar-refractivity contribution in [2.45, 2.75) is 0 Å². The molecule has 0 unspecified atom stereocenters. The molecule has 1 saturated heterocycles. The van der Waals surface area contributed by atoms with Gasteiger partial charge in [0.25, 0.3) is 5.91 Å². The zero-order chi connectivity index (χ0) is 18.8. The molecular weight excluding hydrogens is 354 g/mol. The van der Waals surface area contributed by atoms with E-state index < -0.39 is 17.5 Å². The number of piperazine rings is 1. The molecule has 1 aromatic carbocycles. The van der Waals surface area contributed by atoms with Crippen molar-refractivity contribution in [1.82, 2.24) is 14.9 Å². The first-order valence-electron chi connectivity index (χ1n) is 8.48. The predicted molar refractivity (Wildman–Crippen MR) is 94.2 cm³/mol. The van der Waals surface area contributed by atoms with E-state index in [0.29, 0.717) is 43.6 Å². The van der Waals surface area contributed by atoms with Gasteiger partial charge in [-0.15, -0.1) is 0 Å². The van der Waals surface area contributed by atoms with Crippen LogP contribution in [0, 0.1) is 11.6 Å². The number of nitrogens with zero attached hydrogens (tertiary/aromatic N) is 4. The highest BCUT2D eigenvalue weighted by Gasteiger charge is 2.25. The number of anilines is 1. The van der Waals surface area contributed by atoms with Gasteiger partial charge in [0.1, 0.15) is 17.3 Å². The number of carbonyl (C=O) groups excluding carboxylic acids is 1. The first-order valence-corrected chi connectivity index (χ1v) is 8.48. The van der Waals surface area contributed by atoms with Gasteiger partial charge < -0.3 is 14.2 Å². The Hall–Kier alpha value is -3.29. The molecule has 0 bridgehead atoms. The van der Waals surface area contributed by atoms with Crippen LogP contribution in [0.4, 0.5) is 14.7 Å². The third-order valence-corrected chi connectivity index (χ3v) is 4.43. The van der Waals surface area contributed by atoms with E-state index in [9.17, 15) is 13.6 Å². The third kappa shape index (κ3) is 3.51. The van der Waals surface area contributed by atoms with Crippen molar-refractivity contribution in [3.63, 3.8) is 0 Å². The van der Waals surface area contributed by atoms with Crippen molar-refractivity contribution in [2.75, 3.05) is 31.1 Å². The Morgan fingerprint density at radius 1 is 1.07 bits per heavy atom. The number of amides is 1. The maximum atomic E-state index is 13.8. The van der Waals surface area contributed by atoms with E-state index in [1.165, 1.54) is 6.07 Å². The quantitative estimate of drug-likeness (QED) is 0.709. The van der Waals surface area contributed by atoms with Gasteiger partial charge in [-0.1, -0.05) is 0 Å². The van der Waals surface area contributed by atoms with Crippen LogP contribution in [-0.4, -0.2) is 47.0 Å². The lowest BCUT2D eigenvalue weighted by Gasteiger charge is -2.34. The molecule has 0 N–H and O–H groups in total. The van der Waals surface area contributed by atoms with E-state index >= 15 is 0 Å². The third-order valence-electron chi connectivity index (χ3n) is 4.43. The molecule has 0 radical (unpaired) electrons. The van der Waals surface area contributed by atoms with Crippen molar-refractivity contribution in [3.8, 4) is 11.5 Å². The Kier molecular flexibility index (Phi) is 4.53. The highest BCUT2D eigenvalue weighted by Crippen LogP contribution is 2.21. The summed E-state index contributed by atoms with van der Waals surface area (Å²) in [5, 5.41) is 0. The van der Waals surface area contributed by atoms with E-state index in [0.717, 1.165) is 12.1 Å². The lowest BCUT2D eigenvalue weighted by atomic mass is 10.1. The van der Waals surface area contributed by atoms with Crippen LogP contribution in [0.25, 0.3) is 11.5 Å². The van der Waals surface area contributed by atoms with Gasteiger partial charge in [0, 0.05) is 38.4 Å². The Morgan fingerprint density at radius 3 is 2.59 bits per heavy atom. The first-order chi connectivity index (χ1) is 13.1. The van der Waals surface area contributed by atoms with Gasteiger partial charge in [-0.25, -0.2) is 18.7 Å². The summed E-state index contributed by atoms with van der Waals surface area (Å²) in [6.45, 7) is 1.81. The molecule has 138 valence electrons. The number of halogens is 2. The minimum absolute atomic E-state index is 0.124. The molecule has 0 saturated carbocycles. The van der Waals surface area contributed by atoms with Gasteiger partial charge in [-0.05, 0) is 30.3 Å². The summed E-state index contributed by atoms with van der Waals surface area (Å²) in [5.74, 6) is -0.806. The molecule has 4 rings (SSSR count). The number of aromatic nitrogens is 2. The molecule has 1 aliphatic rings. The van der Waals surface area contributed by atoms with Crippen molar-refractivity contribution < 1.29 is 18.0 Å². The Bertz CT molecular complexity index is 954. The molecule has 0 atom stereocenters. The SMILES string of the molecule is O=C(c1ccc(F)cc1F)N1CCN(c2nccc(-c3ccco3)n2)CC1. The first kappa shape index (κ1) is 17.1. The van der Waals surface area contributed by atoms with Crippen LogP contribution in [0.1, 0.15) is 10.4 Å². The fraction of sp³-hybridized carbons (Fsp3) is 0.211. The van der Waals surface area contributed by atoms with Crippen LogP contribution < -0.4 is 4.90 Å². The Balaban J connectivity index is 1.45. The number of carbonyl (C=O) groups is 1. The molecule has 1 fully saturated rings. The number of furan rings is 1. The van der Waals surface area contributed by atoms with E-state index in [2.05, 4.69) is 9.97 Å². The van der Waals surface area contributed by atoms with Crippen molar-refractivity contribution in [2.24, 2.45) is 0 Å². The summed E-state index contributed by atoms with van der Waals surface area (Å²) in [5.41, 5.74) is 0.554. The van der Waals surface area contributed by atoms with Crippen LogP contribution >= 0.6 is 0 Å². The molecule has 6 nitrogen and oxygen atoms in total. The topological polar surface area (TPSA) is 62.5 Å². The molecule has 3 aromatic rings. The number of hydrogen-bond donors (Lipinski definition) is 0. The molecule has 1 amide bonds. The highest BCUT2D eigenvalue weighted by atomic mass is 19.1. The monoisotopic (exact) mass is 370 g/mol. The van der Waals surface area contributed by atoms with Gasteiger partial charge in [-0.3, -0.25) is 4.79 Å². The molecule has 0 spiro atoms. The van der Waals surface area contributed by atoms with Crippen molar-refractivity contribution in [3.05, 3.63) is 66.1 Å². The summed E-state index contributed by atoms with van der Waals surface area (Å²) < 4.78 is 32.2. The minimum atomic E-state index is -0.850. The predicted octanol–water partition coefficient (Wildman–Crippen LogP) is 2.98. The van der Waals surface area contributed by atoms with Crippen LogP contribution in [0.3, 0.4) is 0 Å². The molecule has 3 heterocycles. The number of benzene rings is 1. The average Bonchev–Trinajstić information content (AvgIpc) is 3.23. The van der Waals surface area contributed by atoms with Crippen molar-refractivity contribution in [1.29, 1.82) is 0 Å². The van der Waals surface area contributed by atoms with E-state index in [-0.39, 0.29) is 5.56 Å². The normalized spacial score (nSPS) is 14.4. The molecule has 0 aliphatic carbocycles. The largest absolute Gasteiger partial charge is 0.463 e. The van der Waals surface area contributed by atoms with Crippen LogP contribution in [0.5, 0.6) is 0 Å². The van der Waals surface area contributed by atoms with Crippen LogP contribution in [-0.2, 0) is 0 Å². The summed E-state index contributed by atoms with van der Waals surface area (Å²) >= 11 is 0. The minimum Gasteiger partial charge on any atom is -0.463 e. The van der Waals surface area contributed by atoms with Gasteiger partial charge in [0.2, 0.25) is 5.95 Å². The molecular formula is C19H16F2N4O2. The second-order valence-corrected chi connectivity index (χ2v) is 6.12. The van der Waals surface area contributed by atoms with Gasteiger partial charge in [0.05, 0.1) is 11.8 Å². The lowest BCUT2D eigenvalue weighted by Crippen LogP contribution is -2.49. The smallest absolute Gasteiger partial charge is 0.256 e. The second-order valence-electron chi connectivity index (χ2n) is 6.12. The van der Waals surface area contributed by atoms with Crippen LogP contribution in [0.2, 0.25) is 0 Å². The van der Waals surface area contributed by atoms with E-state index in [1.807, 2.05) is 11.0 Å².